The molecule has 1 aliphatic rings. The van der Waals surface area contributed by atoms with E-state index >= 15 is 0 Å². The largest absolute Gasteiger partial charge is 0.377 e. The molecular formula is C11H22N2O4. The van der Waals surface area contributed by atoms with E-state index in [9.17, 15) is 4.79 Å². The number of ether oxygens (including phenoxy) is 3. The lowest BCUT2D eigenvalue weighted by Crippen LogP contribution is -2.60. The number of nitrogens with two attached hydrogens (primary N) is 1. The van der Waals surface area contributed by atoms with E-state index in [1.165, 1.54) is 0 Å². The van der Waals surface area contributed by atoms with Gasteiger partial charge >= 0.3 is 0 Å². The summed E-state index contributed by atoms with van der Waals surface area (Å²) in [6.45, 7) is 3.80. The van der Waals surface area contributed by atoms with Gasteiger partial charge in [0, 0.05) is 26.3 Å². The Balaban J connectivity index is 2.06. The Morgan fingerprint density at radius 1 is 1.53 bits per heavy atom. The monoisotopic (exact) mass is 246 g/mol. The predicted molar refractivity (Wildman–Crippen MR) is 62.6 cm³/mol. The molecule has 3 atom stereocenters. The molecule has 1 fully saturated rings. The number of carbonyl (C=O) groups is 1. The number of nitrogens with one attached hydrogen (secondary N) is 1. The summed E-state index contributed by atoms with van der Waals surface area (Å²) in [5.41, 5.74) is 4.95. The molecule has 1 amide bonds. The quantitative estimate of drug-likeness (QED) is 0.524. The van der Waals surface area contributed by atoms with Crippen LogP contribution >= 0.6 is 0 Å². The Hall–Kier alpha value is -0.690. The minimum Gasteiger partial charge on any atom is -0.377 e. The van der Waals surface area contributed by atoms with Gasteiger partial charge in [-0.25, -0.2) is 0 Å². The zero-order chi connectivity index (χ0) is 12.7. The maximum absolute atomic E-state index is 10.4. The lowest BCUT2D eigenvalue weighted by molar-refractivity contribution is -0.132. The third-order valence-electron chi connectivity index (χ3n) is 2.80. The zero-order valence-corrected chi connectivity index (χ0v) is 10.5. The van der Waals surface area contributed by atoms with Crippen LogP contribution in [0, 0.1) is 0 Å². The van der Waals surface area contributed by atoms with Crippen molar-refractivity contribution in [1.82, 2.24) is 5.32 Å². The van der Waals surface area contributed by atoms with Crippen LogP contribution in [0.1, 0.15) is 13.3 Å². The van der Waals surface area contributed by atoms with Crippen LogP contribution in [0.5, 0.6) is 0 Å². The average molecular weight is 246 g/mol. The topological polar surface area (TPSA) is 82.8 Å². The Bertz CT molecular complexity index is 238. The molecule has 0 aromatic carbocycles. The molecule has 0 aromatic heterocycles. The molecule has 1 aliphatic carbocycles. The van der Waals surface area contributed by atoms with E-state index in [0.717, 1.165) is 6.42 Å². The van der Waals surface area contributed by atoms with Crippen LogP contribution in [0.3, 0.4) is 0 Å². The first-order chi connectivity index (χ1) is 8.19. The molecule has 3 unspecified atom stereocenters. The van der Waals surface area contributed by atoms with Crippen molar-refractivity contribution in [3.05, 3.63) is 0 Å². The van der Waals surface area contributed by atoms with Crippen LogP contribution in [0.2, 0.25) is 0 Å². The van der Waals surface area contributed by atoms with Crippen molar-refractivity contribution in [2.75, 3.05) is 33.5 Å². The number of hydrogen-bond donors (Lipinski definition) is 2. The fraction of sp³-hybridized carbons (Fsp3) is 0.909. The summed E-state index contributed by atoms with van der Waals surface area (Å²) < 4.78 is 15.9. The van der Waals surface area contributed by atoms with Crippen LogP contribution in [0.15, 0.2) is 0 Å². The van der Waals surface area contributed by atoms with Crippen molar-refractivity contribution in [2.45, 2.75) is 31.6 Å². The van der Waals surface area contributed by atoms with Crippen LogP contribution < -0.4 is 11.1 Å². The van der Waals surface area contributed by atoms with Crippen LogP contribution in [0.25, 0.3) is 0 Å². The van der Waals surface area contributed by atoms with Crippen molar-refractivity contribution in [3.63, 3.8) is 0 Å². The highest BCUT2D eigenvalue weighted by molar-refractivity contribution is 5.74. The summed E-state index contributed by atoms with van der Waals surface area (Å²) in [5, 5.41) is 3.30. The van der Waals surface area contributed by atoms with Gasteiger partial charge in [0.05, 0.1) is 18.8 Å². The average Bonchev–Trinajstić information content (AvgIpc) is 2.26. The second-order valence-corrected chi connectivity index (χ2v) is 4.01. The van der Waals surface area contributed by atoms with Gasteiger partial charge in [0.15, 0.2) is 0 Å². The summed E-state index contributed by atoms with van der Waals surface area (Å²) in [6, 6.07) is 0.300. The minimum atomic E-state index is -0.445. The molecule has 0 spiro atoms. The minimum absolute atomic E-state index is 0.0262. The molecule has 0 radical (unpaired) electrons. The highest BCUT2D eigenvalue weighted by Gasteiger charge is 2.41. The third-order valence-corrected chi connectivity index (χ3v) is 2.80. The van der Waals surface area contributed by atoms with Gasteiger partial charge in [-0.15, -0.1) is 0 Å². The second-order valence-electron chi connectivity index (χ2n) is 4.01. The maximum Gasteiger partial charge on any atom is 0.243 e. The molecule has 6 heteroatoms. The van der Waals surface area contributed by atoms with Gasteiger partial charge in [0.25, 0.3) is 0 Å². The first kappa shape index (κ1) is 14.4. The summed E-state index contributed by atoms with van der Waals surface area (Å²) in [4.78, 5) is 10.4. The number of hydrogen-bond acceptors (Lipinski definition) is 5. The standard InChI is InChI=1S/C11H22N2O4/c1-3-17-9-6-8(11(9)15-2)13-4-5-16-7-10(12)14/h8-9,11,13H,3-7H2,1-2H3,(H2,12,14). The molecule has 0 aliphatic heterocycles. The van der Waals surface area contributed by atoms with Gasteiger partial charge in [0.2, 0.25) is 5.91 Å². The van der Waals surface area contributed by atoms with Crippen molar-refractivity contribution in [1.29, 1.82) is 0 Å². The molecule has 0 aromatic rings. The number of carbonyl (C=O) groups excluding carboxylic acids is 1. The molecule has 100 valence electrons. The first-order valence-electron chi connectivity index (χ1n) is 5.92. The van der Waals surface area contributed by atoms with E-state index in [2.05, 4.69) is 5.32 Å². The number of amides is 1. The molecular weight excluding hydrogens is 224 g/mol. The third kappa shape index (κ3) is 4.59. The number of methoxy groups -OCH3 is 1. The number of primary amides is 1. The van der Waals surface area contributed by atoms with Gasteiger partial charge < -0.3 is 25.3 Å². The van der Waals surface area contributed by atoms with Crippen molar-refractivity contribution in [2.24, 2.45) is 5.73 Å². The highest BCUT2D eigenvalue weighted by atomic mass is 16.5. The fourth-order valence-electron chi connectivity index (χ4n) is 1.96. The Morgan fingerprint density at radius 3 is 2.88 bits per heavy atom. The number of rotatable bonds is 9. The van der Waals surface area contributed by atoms with Crippen LogP contribution in [-0.2, 0) is 19.0 Å². The van der Waals surface area contributed by atoms with Gasteiger partial charge in [-0.3, -0.25) is 4.79 Å². The molecule has 1 saturated carbocycles. The van der Waals surface area contributed by atoms with E-state index in [1.807, 2.05) is 6.92 Å². The van der Waals surface area contributed by atoms with Crippen molar-refractivity contribution < 1.29 is 19.0 Å². The lowest BCUT2D eigenvalue weighted by Gasteiger charge is -2.43. The summed E-state index contributed by atoms with van der Waals surface area (Å²) >= 11 is 0. The Kier molecular flexibility index (Phi) is 6.43. The van der Waals surface area contributed by atoms with Gasteiger partial charge in [-0.2, -0.15) is 0 Å². The summed E-state index contributed by atoms with van der Waals surface area (Å²) in [6.07, 6.45) is 1.24. The van der Waals surface area contributed by atoms with Crippen molar-refractivity contribution >= 4 is 5.91 Å². The van der Waals surface area contributed by atoms with E-state index in [0.29, 0.717) is 25.8 Å². The van der Waals surface area contributed by atoms with E-state index in [4.69, 9.17) is 19.9 Å². The smallest absolute Gasteiger partial charge is 0.243 e. The van der Waals surface area contributed by atoms with Crippen LogP contribution in [-0.4, -0.2) is 57.6 Å². The van der Waals surface area contributed by atoms with E-state index in [-0.39, 0.29) is 18.8 Å². The molecule has 0 heterocycles. The molecule has 6 nitrogen and oxygen atoms in total. The van der Waals surface area contributed by atoms with E-state index in [1.54, 1.807) is 7.11 Å². The Labute approximate surface area is 102 Å². The SMILES string of the molecule is CCOC1CC(NCCOCC(N)=O)C1OC. The molecule has 0 bridgehead atoms. The molecule has 17 heavy (non-hydrogen) atoms. The summed E-state index contributed by atoms with van der Waals surface area (Å²) in [7, 11) is 1.69. The normalized spacial score (nSPS) is 27.8. The van der Waals surface area contributed by atoms with Crippen LogP contribution in [0.4, 0.5) is 0 Å². The molecule has 1 rings (SSSR count). The van der Waals surface area contributed by atoms with E-state index < -0.39 is 5.91 Å². The summed E-state index contributed by atoms with van der Waals surface area (Å²) in [5.74, 6) is -0.445. The predicted octanol–water partition coefficient (Wildman–Crippen LogP) is -0.730. The highest BCUT2D eigenvalue weighted by Crippen LogP contribution is 2.26. The lowest BCUT2D eigenvalue weighted by atomic mass is 9.85. The maximum atomic E-state index is 10.4. The Morgan fingerprint density at radius 2 is 2.29 bits per heavy atom. The molecule has 3 N–H and O–H groups in total. The van der Waals surface area contributed by atoms with Crippen molar-refractivity contribution in [3.8, 4) is 0 Å². The zero-order valence-electron chi connectivity index (χ0n) is 10.5. The fourth-order valence-corrected chi connectivity index (χ4v) is 1.96. The van der Waals surface area contributed by atoms with Gasteiger partial charge in [0.1, 0.15) is 6.61 Å². The second kappa shape index (κ2) is 7.60. The molecule has 0 saturated heterocycles. The van der Waals surface area contributed by atoms with Gasteiger partial charge in [-0.1, -0.05) is 0 Å². The first-order valence-corrected chi connectivity index (χ1v) is 5.92. The van der Waals surface area contributed by atoms with Gasteiger partial charge in [-0.05, 0) is 13.3 Å².